The summed E-state index contributed by atoms with van der Waals surface area (Å²) in [5, 5.41) is 27.6. The molecule has 0 rings (SSSR count). The molecule has 0 aliphatic carbocycles. The first-order chi connectivity index (χ1) is 12.9. The molecule has 0 aromatic carbocycles. The van der Waals surface area contributed by atoms with Crippen molar-refractivity contribution in [3.8, 4) is 0 Å². The highest BCUT2D eigenvalue weighted by Gasteiger charge is 2.37. The monoisotopic (exact) mass is 386 g/mol. The highest BCUT2D eigenvalue weighted by molar-refractivity contribution is 5.83. The van der Waals surface area contributed by atoms with Gasteiger partial charge < -0.3 is 15.3 Å². The molecule has 0 spiro atoms. The van der Waals surface area contributed by atoms with Crippen LogP contribution in [-0.4, -0.2) is 32.9 Å². The molecule has 0 saturated carbocycles. The third kappa shape index (κ3) is 15.6. The highest BCUT2D eigenvalue weighted by Crippen LogP contribution is 2.21. The normalized spacial score (nSPS) is 13.4. The van der Waals surface area contributed by atoms with Crippen LogP contribution in [0.1, 0.15) is 122 Å². The molecule has 160 valence electrons. The largest absolute Gasteiger partial charge is 0.481 e. The maximum atomic E-state index is 11.0. The third-order valence-corrected chi connectivity index (χ3v) is 5.29. The molecule has 0 bridgehead atoms. The van der Waals surface area contributed by atoms with Gasteiger partial charge in [0.15, 0.2) is 5.60 Å². The molecule has 1 atom stereocenters. The minimum absolute atomic E-state index is 0.00702. The van der Waals surface area contributed by atoms with E-state index in [1.165, 1.54) is 77.0 Å². The summed E-state index contributed by atoms with van der Waals surface area (Å²) in [5.41, 5.74) is -2.12. The number of aliphatic hydroxyl groups is 1. The summed E-state index contributed by atoms with van der Waals surface area (Å²) in [4.78, 5) is 21.7. The predicted molar refractivity (Wildman–Crippen MR) is 109 cm³/mol. The average Bonchev–Trinajstić information content (AvgIpc) is 2.60. The van der Waals surface area contributed by atoms with Crippen molar-refractivity contribution in [2.45, 2.75) is 128 Å². The van der Waals surface area contributed by atoms with Gasteiger partial charge in [-0.2, -0.15) is 0 Å². The molecule has 0 aliphatic rings. The van der Waals surface area contributed by atoms with Gasteiger partial charge in [-0.3, -0.25) is 4.79 Å². The quantitative estimate of drug-likeness (QED) is 0.225. The fourth-order valence-corrected chi connectivity index (χ4v) is 3.49. The van der Waals surface area contributed by atoms with E-state index in [0.29, 0.717) is 6.42 Å². The maximum Gasteiger partial charge on any atom is 0.336 e. The molecule has 27 heavy (non-hydrogen) atoms. The molecule has 0 aromatic heterocycles. The van der Waals surface area contributed by atoms with Crippen LogP contribution in [0.5, 0.6) is 0 Å². The summed E-state index contributed by atoms with van der Waals surface area (Å²) in [6.45, 7) is 2.25. The Morgan fingerprint density at radius 2 is 0.963 bits per heavy atom. The van der Waals surface area contributed by atoms with E-state index in [0.717, 1.165) is 19.3 Å². The molecule has 0 aromatic rings. The third-order valence-electron chi connectivity index (χ3n) is 5.29. The van der Waals surface area contributed by atoms with Crippen LogP contribution in [0, 0.1) is 0 Å². The summed E-state index contributed by atoms with van der Waals surface area (Å²) in [6.07, 6.45) is 18.9. The van der Waals surface area contributed by atoms with Crippen LogP contribution in [-0.2, 0) is 9.59 Å². The fourth-order valence-electron chi connectivity index (χ4n) is 3.49. The van der Waals surface area contributed by atoms with Crippen LogP contribution in [0.2, 0.25) is 0 Å². The van der Waals surface area contributed by atoms with Gasteiger partial charge in [0.25, 0.3) is 0 Å². The number of unbranched alkanes of at least 4 members (excludes halogenated alkanes) is 15. The minimum Gasteiger partial charge on any atom is -0.481 e. The molecule has 0 radical (unpaired) electrons. The second kappa shape index (κ2) is 17.0. The molecule has 0 fully saturated rings. The number of carboxylic acids is 2. The Labute approximate surface area is 165 Å². The molecule has 5 heteroatoms. The van der Waals surface area contributed by atoms with E-state index in [1.807, 2.05) is 0 Å². The second-order valence-electron chi connectivity index (χ2n) is 7.96. The van der Waals surface area contributed by atoms with Crippen LogP contribution in [0.25, 0.3) is 0 Å². The molecule has 3 N–H and O–H groups in total. The molecule has 0 heterocycles. The zero-order valence-corrected chi connectivity index (χ0v) is 17.4. The van der Waals surface area contributed by atoms with Gasteiger partial charge in [-0.15, -0.1) is 0 Å². The highest BCUT2D eigenvalue weighted by atomic mass is 16.4. The molecule has 0 saturated heterocycles. The smallest absolute Gasteiger partial charge is 0.336 e. The Hall–Kier alpha value is -1.10. The van der Waals surface area contributed by atoms with E-state index in [-0.39, 0.29) is 6.42 Å². The summed E-state index contributed by atoms with van der Waals surface area (Å²) in [7, 11) is 0. The fraction of sp³-hybridized carbons (Fsp3) is 0.909. The predicted octanol–water partition coefficient (Wildman–Crippen LogP) is 5.93. The maximum absolute atomic E-state index is 11.0. The van der Waals surface area contributed by atoms with Gasteiger partial charge in [0.1, 0.15) is 0 Å². The standard InChI is InChI=1S/C22H42O5/c1-2-3-4-5-6-7-8-9-10-11-12-13-14-15-16-17-18-22(27,21(25)26)19-20(23)24/h27H,2-19H2,1H3,(H,23,24)(H,25,26). The number of rotatable bonds is 20. The zero-order valence-electron chi connectivity index (χ0n) is 17.4. The Bertz CT molecular complexity index is 383. The lowest BCUT2D eigenvalue weighted by molar-refractivity contribution is -0.166. The summed E-state index contributed by atoms with van der Waals surface area (Å²) >= 11 is 0. The number of carboxylic acid groups (broad SMARTS) is 2. The van der Waals surface area contributed by atoms with Gasteiger partial charge in [0.2, 0.25) is 0 Å². The first-order valence-corrected chi connectivity index (χ1v) is 11.1. The first kappa shape index (κ1) is 25.9. The number of aliphatic carboxylic acids is 2. The van der Waals surface area contributed by atoms with Gasteiger partial charge >= 0.3 is 11.9 Å². The van der Waals surface area contributed by atoms with Crippen molar-refractivity contribution in [3.05, 3.63) is 0 Å². The van der Waals surface area contributed by atoms with Gasteiger partial charge in [-0.25, -0.2) is 4.79 Å². The zero-order chi connectivity index (χ0) is 20.4. The van der Waals surface area contributed by atoms with E-state index >= 15 is 0 Å². The van der Waals surface area contributed by atoms with Gasteiger partial charge in [0.05, 0.1) is 6.42 Å². The molecule has 0 amide bonds. The lowest BCUT2D eigenvalue weighted by atomic mass is 9.92. The van der Waals surface area contributed by atoms with Gasteiger partial charge in [-0.1, -0.05) is 103 Å². The number of hydrogen-bond acceptors (Lipinski definition) is 3. The van der Waals surface area contributed by atoms with E-state index in [1.54, 1.807) is 0 Å². The Balaban J connectivity index is 3.40. The van der Waals surface area contributed by atoms with Crippen LogP contribution < -0.4 is 0 Å². The van der Waals surface area contributed by atoms with Crippen molar-refractivity contribution in [2.75, 3.05) is 0 Å². The minimum atomic E-state index is -2.12. The van der Waals surface area contributed by atoms with Crippen molar-refractivity contribution in [1.29, 1.82) is 0 Å². The molecular formula is C22H42O5. The Kier molecular flexibility index (Phi) is 16.3. The SMILES string of the molecule is CCCCCCCCCCCCCCCCCCC(O)(CC(=O)O)C(=O)O. The van der Waals surface area contributed by atoms with Gasteiger partial charge in [-0.05, 0) is 12.8 Å². The topological polar surface area (TPSA) is 94.8 Å². The van der Waals surface area contributed by atoms with Crippen molar-refractivity contribution in [3.63, 3.8) is 0 Å². The molecular weight excluding hydrogens is 344 g/mol. The van der Waals surface area contributed by atoms with E-state index < -0.39 is 24.0 Å². The number of carbonyl (C=O) groups is 2. The van der Waals surface area contributed by atoms with E-state index in [9.17, 15) is 14.7 Å². The van der Waals surface area contributed by atoms with Crippen molar-refractivity contribution >= 4 is 11.9 Å². The number of hydrogen-bond donors (Lipinski definition) is 3. The second-order valence-corrected chi connectivity index (χ2v) is 7.96. The summed E-state index contributed by atoms with van der Waals surface area (Å²) in [6, 6.07) is 0. The average molecular weight is 387 g/mol. The molecule has 1 unspecified atom stereocenters. The van der Waals surface area contributed by atoms with Gasteiger partial charge in [0, 0.05) is 0 Å². The lowest BCUT2D eigenvalue weighted by Crippen LogP contribution is -2.40. The molecule has 5 nitrogen and oxygen atoms in total. The molecule has 0 aliphatic heterocycles. The first-order valence-electron chi connectivity index (χ1n) is 11.1. The van der Waals surface area contributed by atoms with Crippen LogP contribution in [0.15, 0.2) is 0 Å². The van der Waals surface area contributed by atoms with Crippen molar-refractivity contribution in [1.82, 2.24) is 0 Å². The van der Waals surface area contributed by atoms with E-state index in [2.05, 4.69) is 6.92 Å². The van der Waals surface area contributed by atoms with Crippen LogP contribution >= 0.6 is 0 Å². The van der Waals surface area contributed by atoms with E-state index in [4.69, 9.17) is 10.2 Å². The summed E-state index contributed by atoms with van der Waals surface area (Å²) in [5.74, 6) is -2.72. The Morgan fingerprint density at radius 1 is 0.630 bits per heavy atom. The van der Waals surface area contributed by atoms with Crippen LogP contribution in [0.3, 0.4) is 0 Å². The lowest BCUT2D eigenvalue weighted by Gasteiger charge is -2.21. The summed E-state index contributed by atoms with van der Waals surface area (Å²) < 4.78 is 0. The Morgan fingerprint density at radius 3 is 1.26 bits per heavy atom. The van der Waals surface area contributed by atoms with Crippen LogP contribution in [0.4, 0.5) is 0 Å². The van der Waals surface area contributed by atoms with Crippen molar-refractivity contribution in [2.24, 2.45) is 0 Å². The van der Waals surface area contributed by atoms with Crippen molar-refractivity contribution < 1.29 is 24.9 Å².